The van der Waals surface area contributed by atoms with Gasteiger partial charge < -0.3 is 14.2 Å². The number of carbonyl (C=O) groups is 2. The van der Waals surface area contributed by atoms with E-state index in [1.807, 2.05) is 36.4 Å². The maximum atomic E-state index is 12.5. The molecule has 1 unspecified atom stereocenters. The first-order chi connectivity index (χ1) is 15.0. The quantitative estimate of drug-likeness (QED) is 0.601. The third-order valence-corrected chi connectivity index (χ3v) is 5.05. The Morgan fingerprint density at radius 1 is 1.00 bits per heavy atom. The number of halogens is 1. The van der Waals surface area contributed by atoms with Gasteiger partial charge in [0.25, 0.3) is 11.8 Å². The highest BCUT2D eigenvalue weighted by atomic mass is 35.5. The van der Waals surface area contributed by atoms with Gasteiger partial charge in [-0.05, 0) is 42.0 Å². The lowest BCUT2D eigenvalue weighted by molar-refractivity contribution is -0.128. The average Bonchev–Trinajstić information content (AvgIpc) is 3.03. The van der Waals surface area contributed by atoms with E-state index in [1.54, 1.807) is 13.0 Å². The van der Waals surface area contributed by atoms with Crippen molar-refractivity contribution < 1.29 is 23.8 Å². The van der Waals surface area contributed by atoms with Crippen molar-refractivity contribution in [3.8, 4) is 17.2 Å². The topological polar surface area (TPSA) is 85.9 Å². The van der Waals surface area contributed by atoms with E-state index in [1.165, 1.54) is 12.1 Å². The van der Waals surface area contributed by atoms with Crippen LogP contribution in [0, 0.1) is 0 Å². The number of hydrogen-bond donors (Lipinski definition) is 2. The maximum Gasteiger partial charge on any atom is 0.279 e. The van der Waals surface area contributed by atoms with Crippen molar-refractivity contribution in [2.75, 3.05) is 13.2 Å². The van der Waals surface area contributed by atoms with Crippen LogP contribution in [-0.4, -0.2) is 31.1 Å². The first-order valence-corrected chi connectivity index (χ1v) is 10.2. The molecular weight excluding hydrogens is 420 g/mol. The molecule has 0 bridgehead atoms. The molecule has 0 aromatic heterocycles. The summed E-state index contributed by atoms with van der Waals surface area (Å²) in [6.07, 6.45) is -0.105. The predicted octanol–water partition coefficient (Wildman–Crippen LogP) is 3.88. The van der Waals surface area contributed by atoms with Gasteiger partial charge in [-0.25, -0.2) is 0 Å². The molecule has 31 heavy (non-hydrogen) atoms. The molecule has 1 heterocycles. The van der Waals surface area contributed by atoms with E-state index >= 15 is 0 Å². The van der Waals surface area contributed by atoms with Crippen LogP contribution in [0.2, 0.25) is 5.02 Å². The van der Waals surface area contributed by atoms with Gasteiger partial charge in [0.05, 0.1) is 18.2 Å². The molecule has 0 spiro atoms. The minimum absolute atomic E-state index is 0.234. The van der Waals surface area contributed by atoms with Crippen LogP contribution < -0.4 is 25.1 Å². The summed E-state index contributed by atoms with van der Waals surface area (Å²) >= 11 is 6.22. The number of rotatable bonds is 4. The van der Waals surface area contributed by atoms with Gasteiger partial charge in [0, 0.05) is 12.0 Å². The van der Waals surface area contributed by atoms with E-state index in [-0.39, 0.29) is 10.6 Å². The molecule has 160 valence electrons. The van der Waals surface area contributed by atoms with Crippen molar-refractivity contribution in [2.45, 2.75) is 19.4 Å². The lowest BCUT2D eigenvalue weighted by Crippen LogP contribution is -2.47. The molecule has 3 aromatic carbocycles. The fourth-order valence-corrected chi connectivity index (χ4v) is 3.42. The molecule has 7 nitrogen and oxygen atoms in total. The molecule has 0 saturated heterocycles. The highest BCUT2D eigenvalue weighted by Gasteiger charge is 2.20. The molecule has 3 aromatic rings. The van der Waals surface area contributed by atoms with E-state index in [0.717, 1.165) is 17.2 Å². The minimum atomic E-state index is -0.825. The van der Waals surface area contributed by atoms with Gasteiger partial charge >= 0.3 is 0 Å². The number of carbonyl (C=O) groups excluding carboxylic acids is 2. The molecule has 1 atom stereocenters. The van der Waals surface area contributed by atoms with Gasteiger partial charge in [-0.2, -0.15) is 0 Å². The van der Waals surface area contributed by atoms with E-state index in [4.69, 9.17) is 25.8 Å². The van der Waals surface area contributed by atoms with E-state index in [2.05, 4.69) is 10.9 Å². The summed E-state index contributed by atoms with van der Waals surface area (Å²) in [4.78, 5) is 24.8. The average molecular weight is 441 g/mol. The van der Waals surface area contributed by atoms with E-state index < -0.39 is 17.9 Å². The van der Waals surface area contributed by atoms with Crippen molar-refractivity contribution in [1.82, 2.24) is 10.9 Å². The summed E-state index contributed by atoms with van der Waals surface area (Å²) in [5, 5.41) is 2.35. The van der Waals surface area contributed by atoms with Crippen molar-refractivity contribution in [1.29, 1.82) is 0 Å². The number of hydrogen-bond acceptors (Lipinski definition) is 5. The Kier molecular flexibility index (Phi) is 6.13. The predicted molar refractivity (Wildman–Crippen MR) is 117 cm³/mol. The first-order valence-electron chi connectivity index (χ1n) is 9.86. The van der Waals surface area contributed by atoms with Gasteiger partial charge in [0.15, 0.2) is 17.6 Å². The fourth-order valence-electron chi connectivity index (χ4n) is 3.15. The van der Waals surface area contributed by atoms with E-state index in [9.17, 15) is 9.59 Å². The zero-order chi connectivity index (χ0) is 21.8. The molecule has 1 aliphatic heterocycles. The lowest BCUT2D eigenvalue weighted by Gasteiger charge is -2.16. The van der Waals surface area contributed by atoms with Crippen LogP contribution in [0.5, 0.6) is 17.2 Å². The highest BCUT2D eigenvalue weighted by Crippen LogP contribution is 2.37. The Balaban J connectivity index is 1.37. The normalized spacial score (nSPS) is 13.7. The Morgan fingerprint density at radius 3 is 2.61 bits per heavy atom. The minimum Gasteiger partial charge on any atom is -0.489 e. The molecule has 1 aliphatic rings. The summed E-state index contributed by atoms with van der Waals surface area (Å²) in [5.41, 5.74) is 4.98. The van der Waals surface area contributed by atoms with Crippen LogP contribution in [0.1, 0.15) is 23.7 Å². The van der Waals surface area contributed by atoms with Crippen LogP contribution in [0.3, 0.4) is 0 Å². The second-order valence-electron chi connectivity index (χ2n) is 7.05. The van der Waals surface area contributed by atoms with Crippen molar-refractivity contribution in [2.24, 2.45) is 0 Å². The van der Waals surface area contributed by atoms with Gasteiger partial charge in [0.1, 0.15) is 5.75 Å². The Labute approximate surface area is 184 Å². The molecule has 0 aliphatic carbocycles. The molecule has 2 N–H and O–H groups in total. The van der Waals surface area contributed by atoms with Crippen LogP contribution in [-0.2, 0) is 4.79 Å². The second-order valence-corrected chi connectivity index (χ2v) is 7.46. The molecular formula is C23H21ClN2O5. The number of amides is 2. The van der Waals surface area contributed by atoms with Crippen molar-refractivity contribution >= 4 is 34.2 Å². The molecule has 4 rings (SSSR count). The SMILES string of the molecule is CC(Oc1ccc2ccccc2c1)C(=O)NNC(=O)c1cc(Cl)c2c(c1)OCCCO2. The highest BCUT2D eigenvalue weighted by molar-refractivity contribution is 6.32. The molecule has 0 fully saturated rings. The largest absolute Gasteiger partial charge is 0.489 e. The summed E-state index contributed by atoms with van der Waals surface area (Å²) in [6.45, 7) is 2.55. The van der Waals surface area contributed by atoms with Crippen LogP contribution in [0.25, 0.3) is 10.8 Å². The van der Waals surface area contributed by atoms with E-state index in [0.29, 0.717) is 30.5 Å². The van der Waals surface area contributed by atoms with Crippen molar-refractivity contribution in [3.05, 3.63) is 65.2 Å². The summed E-state index contributed by atoms with van der Waals surface area (Å²) in [5.74, 6) is 0.333. The molecule has 2 amide bonds. The Bertz CT molecular complexity index is 1130. The number of hydrazine groups is 1. The van der Waals surface area contributed by atoms with Crippen LogP contribution >= 0.6 is 11.6 Å². The van der Waals surface area contributed by atoms with Gasteiger partial charge in [-0.1, -0.05) is 41.9 Å². The monoisotopic (exact) mass is 440 g/mol. The maximum absolute atomic E-state index is 12.5. The number of ether oxygens (including phenoxy) is 3. The standard InChI is InChI=1S/C23H21ClN2O5/c1-14(31-18-8-7-15-5-2-3-6-16(15)11-18)22(27)25-26-23(28)17-12-19(24)21-20(13-17)29-9-4-10-30-21/h2-3,5-8,11-14H,4,9-10H2,1H3,(H,25,27)(H,26,28). The van der Waals surface area contributed by atoms with Gasteiger partial charge in [-0.15, -0.1) is 0 Å². The lowest BCUT2D eigenvalue weighted by atomic mass is 10.1. The second kappa shape index (κ2) is 9.14. The molecule has 0 saturated carbocycles. The fraction of sp³-hybridized carbons (Fsp3) is 0.217. The number of benzene rings is 3. The first kappa shape index (κ1) is 20.8. The van der Waals surface area contributed by atoms with Crippen LogP contribution in [0.15, 0.2) is 54.6 Å². The van der Waals surface area contributed by atoms with Crippen molar-refractivity contribution in [3.63, 3.8) is 0 Å². The summed E-state index contributed by atoms with van der Waals surface area (Å²) < 4.78 is 16.8. The zero-order valence-electron chi connectivity index (χ0n) is 16.8. The molecule has 0 radical (unpaired) electrons. The number of fused-ring (bicyclic) bond motifs is 2. The Morgan fingerprint density at radius 2 is 1.77 bits per heavy atom. The number of nitrogens with one attached hydrogen (secondary N) is 2. The third kappa shape index (κ3) is 4.83. The van der Waals surface area contributed by atoms with Crippen LogP contribution in [0.4, 0.5) is 0 Å². The summed E-state index contributed by atoms with van der Waals surface area (Å²) in [7, 11) is 0. The smallest absolute Gasteiger partial charge is 0.279 e. The summed E-state index contributed by atoms with van der Waals surface area (Å²) in [6, 6.07) is 16.4. The van der Waals surface area contributed by atoms with Gasteiger partial charge in [-0.3, -0.25) is 20.4 Å². The van der Waals surface area contributed by atoms with Gasteiger partial charge in [0.2, 0.25) is 0 Å². The zero-order valence-corrected chi connectivity index (χ0v) is 17.6. The molecule has 8 heteroatoms. The third-order valence-electron chi connectivity index (χ3n) is 4.77. The Hall–Kier alpha value is -3.45.